The fourth-order valence-corrected chi connectivity index (χ4v) is 3.73. The van der Waals surface area contributed by atoms with Gasteiger partial charge in [0.15, 0.2) is 0 Å². The first-order valence-corrected chi connectivity index (χ1v) is 10.2. The van der Waals surface area contributed by atoms with Crippen LogP contribution in [-0.2, 0) is 4.79 Å². The molecule has 29 heavy (non-hydrogen) atoms. The van der Waals surface area contributed by atoms with Crippen LogP contribution in [0.3, 0.4) is 0 Å². The minimum Gasteiger partial charge on any atom is -0.492 e. The summed E-state index contributed by atoms with van der Waals surface area (Å²) in [6, 6.07) is 26.1. The van der Waals surface area contributed by atoms with Crippen molar-refractivity contribution in [2.24, 2.45) is 0 Å². The van der Waals surface area contributed by atoms with Crippen LogP contribution in [0, 0.1) is 0 Å². The molecule has 1 saturated heterocycles. The fourth-order valence-electron chi connectivity index (χ4n) is 3.73. The molecule has 0 aromatic heterocycles. The first-order chi connectivity index (χ1) is 14.3. The maximum Gasteiger partial charge on any atom is 0.227 e. The van der Waals surface area contributed by atoms with E-state index in [0.29, 0.717) is 13.0 Å². The highest BCUT2D eigenvalue weighted by molar-refractivity contribution is 5.94. The highest BCUT2D eigenvalue weighted by Crippen LogP contribution is 2.30. The van der Waals surface area contributed by atoms with Gasteiger partial charge in [-0.05, 0) is 36.6 Å². The molecule has 1 amide bonds. The summed E-state index contributed by atoms with van der Waals surface area (Å²) in [5.41, 5.74) is 4.12. The van der Waals surface area contributed by atoms with Crippen LogP contribution >= 0.6 is 0 Å². The fraction of sp³-hybridized carbons (Fsp3) is 0.240. The number of anilines is 2. The third kappa shape index (κ3) is 4.77. The van der Waals surface area contributed by atoms with Gasteiger partial charge in [-0.15, -0.1) is 0 Å². The van der Waals surface area contributed by atoms with E-state index in [9.17, 15) is 4.79 Å². The molecule has 0 bridgehead atoms. The molecule has 0 spiro atoms. The Labute approximate surface area is 172 Å². The molecule has 0 radical (unpaired) electrons. The third-order valence-corrected chi connectivity index (χ3v) is 5.18. The van der Waals surface area contributed by atoms with E-state index in [1.807, 2.05) is 60.7 Å². The van der Waals surface area contributed by atoms with E-state index in [1.54, 1.807) is 0 Å². The number of benzene rings is 3. The summed E-state index contributed by atoms with van der Waals surface area (Å²) in [5, 5.41) is 3.06. The van der Waals surface area contributed by atoms with Gasteiger partial charge in [0, 0.05) is 18.7 Å². The number of carbonyl (C=O) groups is 1. The second-order valence-electron chi connectivity index (χ2n) is 7.22. The smallest absolute Gasteiger partial charge is 0.227 e. The van der Waals surface area contributed by atoms with Gasteiger partial charge in [0.05, 0.1) is 24.4 Å². The van der Waals surface area contributed by atoms with Crippen LogP contribution < -0.4 is 15.0 Å². The van der Waals surface area contributed by atoms with E-state index in [-0.39, 0.29) is 5.91 Å². The number of para-hydroxylation sites is 3. The summed E-state index contributed by atoms with van der Waals surface area (Å²) >= 11 is 0. The molecule has 4 nitrogen and oxygen atoms in total. The van der Waals surface area contributed by atoms with E-state index >= 15 is 0 Å². The van der Waals surface area contributed by atoms with Gasteiger partial charge in [-0.2, -0.15) is 0 Å². The second kappa shape index (κ2) is 9.28. The summed E-state index contributed by atoms with van der Waals surface area (Å²) < 4.78 is 5.96. The predicted octanol–water partition coefficient (Wildman–Crippen LogP) is 5.36. The van der Waals surface area contributed by atoms with Crippen LogP contribution in [0.25, 0.3) is 11.1 Å². The molecule has 1 fully saturated rings. The van der Waals surface area contributed by atoms with Crippen LogP contribution in [0.2, 0.25) is 0 Å². The van der Waals surface area contributed by atoms with Crippen LogP contribution in [0.5, 0.6) is 5.75 Å². The quantitative estimate of drug-likeness (QED) is 0.594. The largest absolute Gasteiger partial charge is 0.492 e. The standard InChI is InChI=1S/C25H26N2O2/c28-25(26-22-13-5-6-14-23(22)27-17-8-9-18-27)16-19-29-24-15-7-4-12-21(24)20-10-2-1-3-11-20/h1-7,10-15H,8-9,16-19H2,(H,26,28). The SMILES string of the molecule is O=C(CCOc1ccccc1-c1ccccc1)Nc1ccccc1N1CCCC1. The van der Waals surface area contributed by atoms with Crippen molar-refractivity contribution in [1.29, 1.82) is 0 Å². The van der Waals surface area contributed by atoms with Crippen molar-refractivity contribution in [2.75, 3.05) is 29.9 Å². The number of ether oxygens (including phenoxy) is 1. The Morgan fingerprint density at radius 1 is 0.862 bits per heavy atom. The van der Waals surface area contributed by atoms with Gasteiger partial charge < -0.3 is 15.0 Å². The third-order valence-electron chi connectivity index (χ3n) is 5.18. The zero-order chi connectivity index (χ0) is 19.9. The number of nitrogens with one attached hydrogen (secondary N) is 1. The first-order valence-electron chi connectivity index (χ1n) is 10.2. The molecule has 1 aliphatic heterocycles. The molecular formula is C25H26N2O2. The molecule has 0 atom stereocenters. The summed E-state index contributed by atoms with van der Waals surface area (Å²) in [4.78, 5) is 14.9. The van der Waals surface area contributed by atoms with E-state index in [2.05, 4.69) is 28.4 Å². The van der Waals surface area contributed by atoms with Gasteiger partial charge in [-0.1, -0.05) is 60.7 Å². The molecule has 4 heteroatoms. The van der Waals surface area contributed by atoms with Crippen molar-refractivity contribution in [3.05, 3.63) is 78.9 Å². The van der Waals surface area contributed by atoms with E-state index in [1.165, 1.54) is 12.8 Å². The van der Waals surface area contributed by atoms with Crippen molar-refractivity contribution in [3.63, 3.8) is 0 Å². The monoisotopic (exact) mass is 386 g/mol. The highest BCUT2D eigenvalue weighted by atomic mass is 16.5. The average molecular weight is 386 g/mol. The topological polar surface area (TPSA) is 41.6 Å². The van der Waals surface area contributed by atoms with E-state index in [4.69, 9.17) is 4.74 Å². The van der Waals surface area contributed by atoms with Crippen LogP contribution in [-0.4, -0.2) is 25.6 Å². The van der Waals surface area contributed by atoms with Crippen molar-refractivity contribution < 1.29 is 9.53 Å². The predicted molar refractivity (Wildman–Crippen MR) is 119 cm³/mol. The molecule has 0 saturated carbocycles. The summed E-state index contributed by atoms with van der Waals surface area (Å²) in [6.07, 6.45) is 2.71. The van der Waals surface area contributed by atoms with E-state index in [0.717, 1.165) is 41.3 Å². The van der Waals surface area contributed by atoms with Crippen LogP contribution in [0.15, 0.2) is 78.9 Å². The molecule has 4 rings (SSSR count). The molecule has 3 aromatic rings. The Kier molecular flexibility index (Phi) is 6.10. The second-order valence-corrected chi connectivity index (χ2v) is 7.22. The van der Waals surface area contributed by atoms with Crippen molar-refractivity contribution in [3.8, 4) is 16.9 Å². The van der Waals surface area contributed by atoms with Crippen molar-refractivity contribution in [2.45, 2.75) is 19.3 Å². The van der Waals surface area contributed by atoms with Gasteiger partial charge in [-0.3, -0.25) is 4.79 Å². The molecule has 3 aromatic carbocycles. The van der Waals surface area contributed by atoms with E-state index < -0.39 is 0 Å². The van der Waals surface area contributed by atoms with Gasteiger partial charge in [0.25, 0.3) is 0 Å². The van der Waals surface area contributed by atoms with Gasteiger partial charge >= 0.3 is 0 Å². The minimum atomic E-state index is -0.0335. The maximum absolute atomic E-state index is 12.5. The van der Waals surface area contributed by atoms with Crippen molar-refractivity contribution in [1.82, 2.24) is 0 Å². The molecule has 0 unspecified atom stereocenters. The Morgan fingerprint density at radius 2 is 1.55 bits per heavy atom. The lowest BCUT2D eigenvalue weighted by Gasteiger charge is -2.21. The van der Waals surface area contributed by atoms with Gasteiger partial charge in [0.1, 0.15) is 5.75 Å². The number of amides is 1. The number of nitrogens with zero attached hydrogens (tertiary/aromatic N) is 1. The van der Waals surface area contributed by atoms with Gasteiger partial charge in [0.2, 0.25) is 5.91 Å². The Hall–Kier alpha value is -3.27. The zero-order valence-electron chi connectivity index (χ0n) is 16.5. The first kappa shape index (κ1) is 19.1. The average Bonchev–Trinajstić information content (AvgIpc) is 3.30. The Bertz CT molecular complexity index is 950. The summed E-state index contributed by atoms with van der Waals surface area (Å²) in [6.45, 7) is 2.43. The number of hydrogen-bond donors (Lipinski definition) is 1. The molecular weight excluding hydrogens is 360 g/mol. The van der Waals surface area contributed by atoms with Crippen LogP contribution in [0.1, 0.15) is 19.3 Å². The number of hydrogen-bond acceptors (Lipinski definition) is 3. The maximum atomic E-state index is 12.5. The summed E-state index contributed by atoms with van der Waals surface area (Å²) in [5.74, 6) is 0.762. The van der Waals surface area contributed by atoms with Crippen LogP contribution in [0.4, 0.5) is 11.4 Å². The highest BCUT2D eigenvalue weighted by Gasteiger charge is 2.16. The molecule has 1 N–H and O–H groups in total. The lowest BCUT2D eigenvalue weighted by atomic mass is 10.1. The minimum absolute atomic E-state index is 0.0335. The zero-order valence-corrected chi connectivity index (χ0v) is 16.5. The normalized spacial score (nSPS) is 13.3. The lowest BCUT2D eigenvalue weighted by Crippen LogP contribution is -2.21. The molecule has 1 heterocycles. The number of carbonyl (C=O) groups excluding carboxylic acids is 1. The van der Waals surface area contributed by atoms with Gasteiger partial charge in [-0.25, -0.2) is 0 Å². The molecule has 148 valence electrons. The summed E-state index contributed by atoms with van der Waals surface area (Å²) in [7, 11) is 0. The molecule has 0 aliphatic carbocycles. The number of rotatable bonds is 7. The lowest BCUT2D eigenvalue weighted by molar-refractivity contribution is -0.116. The Morgan fingerprint density at radius 3 is 2.38 bits per heavy atom. The Balaban J connectivity index is 1.36. The molecule has 1 aliphatic rings. The van der Waals surface area contributed by atoms with Crippen molar-refractivity contribution >= 4 is 17.3 Å².